The molecule has 0 amide bonds. The van der Waals surface area contributed by atoms with Crippen molar-refractivity contribution in [2.75, 3.05) is 0 Å². The van der Waals surface area contributed by atoms with Gasteiger partial charge in [0.2, 0.25) is 5.89 Å². The van der Waals surface area contributed by atoms with Gasteiger partial charge in [-0.2, -0.15) is 18.2 Å². The molecule has 1 aromatic rings. The van der Waals surface area contributed by atoms with Gasteiger partial charge in [0, 0.05) is 6.42 Å². The molecule has 1 saturated carbocycles. The third-order valence-corrected chi connectivity index (χ3v) is 3.03. The summed E-state index contributed by atoms with van der Waals surface area (Å²) in [5.74, 6) is -1.38. The summed E-state index contributed by atoms with van der Waals surface area (Å²) in [6, 6.07) is 0. The number of halogens is 3. The van der Waals surface area contributed by atoms with E-state index in [1.54, 1.807) is 0 Å². The Morgan fingerprint density at radius 2 is 2.00 bits per heavy atom. The minimum Gasteiger partial charge on any atom is -0.393 e. The van der Waals surface area contributed by atoms with E-state index in [2.05, 4.69) is 14.7 Å². The van der Waals surface area contributed by atoms with Crippen LogP contribution in [-0.4, -0.2) is 21.4 Å². The molecule has 2 rings (SSSR count). The predicted octanol–water partition coefficient (Wildman–Crippen LogP) is 2.18. The maximum absolute atomic E-state index is 12.2. The molecular formula is C10H13F3N2O2. The topological polar surface area (TPSA) is 59.2 Å². The smallest absolute Gasteiger partial charge is 0.393 e. The number of aromatic nitrogens is 2. The highest BCUT2D eigenvalue weighted by Crippen LogP contribution is 2.29. The van der Waals surface area contributed by atoms with Crippen LogP contribution in [0.1, 0.15) is 37.4 Å². The van der Waals surface area contributed by atoms with Crippen molar-refractivity contribution in [3.63, 3.8) is 0 Å². The highest BCUT2D eigenvalue weighted by atomic mass is 19.4. The van der Waals surface area contributed by atoms with Gasteiger partial charge >= 0.3 is 6.18 Å². The van der Waals surface area contributed by atoms with Crippen LogP contribution in [0.2, 0.25) is 0 Å². The number of aliphatic hydroxyl groups is 1. The van der Waals surface area contributed by atoms with Crippen LogP contribution < -0.4 is 0 Å². The van der Waals surface area contributed by atoms with Crippen LogP contribution in [0.3, 0.4) is 0 Å². The van der Waals surface area contributed by atoms with E-state index in [1.807, 2.05) is 0 Å². The van der Waals surface area contributed by atoms with Gasteiger partial charge in [0.1, 0.15) is 0 Å². The first-order valence-corrected chi connectivity index (χ1v) is 5.54. The SMILES string of the molecule is OC1CCCCC1Cc1nc(C(F)(F)F)no1. The second kappa shape index (κ2) is 4.64. The van der Waals surface area contributed by atoms with Gasteiger partial charge in [-0.05, 0) is 18.8 Å². The zero-order valence-corrected chi connectivity index (χ0v) is 9.07. The molecule has 1 aliphatic rings. The van der Waals surface area contributed by atoms with Gasteiger partial charge in [-0.1, -0.05) is 18.0 Å². The molecule has 4 nitrogen and oxygen atoms in total. The average Bonchev–Trinajstić information content (AvgIpc) is 2.69. The minimum absolute atomic E-state index is 0.0525. The first-order valence-electron chi connectivity index (χ1n) is 5.54. The number of aliphatic hydroxyl groups excluding tert-OH is 1. The zero-order valence-electron chi connectivity index (χ0n) is 9.07. The van der Waals surface area contributed by atoms with E-state index in [4.69, 9.17) is 0 Å². The normalized spacial score (nSPS) is 26.1. The Morgan fingerprint density at radius 1 is 1.29 bits per heavy atom. The Hall–Kier alpha value is -1.11. The number of nitrogens with zero attached hydrogens (tertiary/aromatic N) is 2. The molecule has 7 heteroatoms. The number of alkyl halides is 3. The van der Waals surface area contributed by atoms with Gasteiger partial charge in [-0.3, -0.25) is 0 Å². The standard InChI is InChI=1S/C10H13F3N2O2/c11-10(12,13)9-14-8(17-15-9)5-6-3-1-2-4-7(6)16/h6-7,16H,1-5H2. The van der Waals surface area contributed by atoms with Gasteiger partial charge < -0.3 is 9.63 Å². The summed E-state index contributed by atoms with van der Waals surface area (Å²) in [5, 5.41) is 12.6. The molecule has 96 valence electrons. The first-order chi connectivity index (χ1) is 7.97. The summed E-state index contributed by atoms with van der Waals surface area (Å²) in [5.41, 5.74) is 0. The van der Waals surface area contributed by atoms with E-state index < -0.39 is 18.1 Å². The summed E-state index contributed by atoms with van der Waals surface area (Å²) >= 11 is 0. The molecule has 0 aliphatic heterocycles. The lowest BCUT2D eigenvalue weighted by atomic mass is 9.84. The second-order valence-electron chi connectivity index (χ2n) is 4.33. The largest absolute Gasteiger partial charge is 0.455 e. The third kappa shape index (κ3) is 2.96. The summed E-state index contributed by atoms with van der Waals surface area (Å²) in [4.78, 5) is 3.30. The van der Waals surface area contributed by atoms with Crippen LogP contribution >= 0.6 is 0 Å². The molecular weight excluding hydrogens is 237 g/mol. The van der Waals surface area contributed by atoms with Crippen molar-refractivity contribution >= 4 is 0 Å². The van der Waals surface area contributed by atoms with E-state index in [-0.39, 0.29) is 18.2 Å². The Kier molecular flexibility index (Phi) is 3.37. The molecule has 0 spiro atoms. The van der Waals surface area contributed by atoms with Crippen LogP contribution in [0, 0.1) is 5.92 Å². The maximum atomic E-state index is 12.2. The molecule has 1 N–H and O–H groups in total. The van der Waals surface area contributed by atoms with Crippen molar-refractivity contribution in [1.82, 2.24) is 10.1 Å². The van der Waals surface area contributed by atoms with Gasteiger partial charge in [-0.15, -0.1) is 0 Å². The molecule has 1 aliphatic carbocycles. The van der Waals surface area contributed by atoms with Crippen LogP contribution in [0.5, 0.6) is 0 Å². The minimum atomic E-state index is -4.58. The summed E-state index contributed by atoms with van der Waals surface area (Å²) in [6.07, 6.45) is -1.45. The van der Waals surface area contributed by atoms with Crippen molar-refractivity contribution in [2.45, 2.75) is 44.4 Å². The monoisotopic (exact) mass is 250 g/mol. The molecule has 17 heavy (non-hydrogen) atoms. The van der Waals surface area contributed by atoms with Gasteiger partial charge in [0.15, 0.2) is 0 Å². The van der Waals surface area contributed by atoms with E-state index in [0.29, 0.717) is 6.42 Å². The first kappa shape index (κ1) is 12.3. The van der Waals surface area contributed by atoms with E-state index in [1.165, 1.54) is 0 Å². The molecule has 1 aromatic heterocycles. The highest BCUT2D eigenvalue weighted by Gasteiger charge is 2.37. The lowest BCUT2D eigenvalue weighted by Crippen LogP contribution is -2.26. The molecule has 1 heterocycles. The van der Waals surface area contributed by atoms with Crippen molar-refractivity contribution in [1.29, 1.82) is 0 Å². The van der Waals surface area contributed by atoms with Crippen molar-refractivity contribution in [3.8, 4) is 0 Å². The van der Waals surface area contributed by atoms with Crippen LogP contribution in [-0.2, 0) is 12.6 Å². The van der Waals surface area contributed by atoms with Crippen molar-refractivity contribution in [2.24, 2.45) is 5.92 Å². The van der Waals surface area contributed by atoms with Gasteiger partial charge in [-0.25, -0.2) is 0 Å². The van der Waals surface area contributed by atoms with E-state index in [9.17, 15) is 18.3 Å². The molecule has 0 saturated heterocycles. The number of rotatable bonds is 2. The van der Waals surface area contributed by atoms with Crippen molar-refractivity contribution < 1.29 is 22.8 Å². The Balaban J connectivity index is 2.01. The van der Waals surface area contributed by atoms with Gasteiger partial charge in [0.25, 0.3) is 5.82 Å². The molecule has 0 aromatic carbocycles. The van der Waals surface area contributed by atoms with Crippen LogP contribution in [0.15, 0.2) is 4.52 Å². The summed E-state index contributed by atoms with van der Waals surface area (Å²) < 4.78 is 41.2. The van der Waals surface area contributed by atoms with Crippen LogP contribution in [0.25, 0.3) is 0 Å². The Morgan fingerprint density at radius 3 is 2.59 bits per heavy atom. The molecule has 0 radical (unpaired) electrons. The maximum Gasteiger partial charge on any atom is 0.455 e. The second-order valence-corrected chi connectivity index (χ2v) is 4.33. The number of hydrogen-bond donors (Lipinski definition) is 1. The fourth-order valence-electron chi connectivity index (χ4n) is 2.10. The molecule has 2 unspecified atom stereocenters. The number of hydrogen-bond acceptors (Lipinski definition) is 4. The fraction of sp³-hybridized carbons (Fsp3) is 0.800. The summed E-state index contributed by atoms with van der Waals surface area (Å²) in [7, 11) is 0. The summed E-state index contributed by atoms with van der Waals surface area (Å²) in [6.45, 7) is 0. The van der Waals surface area contributed by atoms with Gasteiger partial charge in [0.05, 0.1) is 6.10 Å². The van der Waals surface area contributed by atoms with Crippen LogP contribution in [0.4, 0.5) is 13.2 Å². The zero-order chi connectivity index (χ0) is 12.5. The lowest BCUT2D eigenvalue weighted by Gasteiger charge is -2.26. The molecule has 0 bridgehead atoms. The Labute approximate surface area is 95.8 Å². The fourth-order valence-corrected chi connectivity index (χ4v) is 2.10. The molecule has 1 fully saturated rings. The highest BCUT2D eigenvalue weighted by molar-refractivity contribution is 4.93. The quantitative estimate of drug-likeness (QED) is 0.874. The third-order valence-electron chi connectivity index (χ3n) is 3.03. The van der Waals surface area contributed by atoms with E-state index >= 15 is 0 Å². The predicted molar refractivity (Wildman–Crippen MR) is 51.0 cm³/mol. The van der Waals surface area contributed by atoms with Crippen molar-refractivity contribution in [3.05, 3.63) is 11.7 Å². The Bertz CT molecular complexity index is 378. The average molecular weight is 250 g/mol. The lowest BCUT2D eigenvalue weighted by molar-refractivity contribution is -0.146. The molecule has 2 atom stereocenters. The van der Waals surface area contributed by atoms with E-state index in [0.717, 1.165) is 19.3 Å².